The van der Waals surface area contributed by atoms with Gasteiger partial charge in [0.15, 0.2) is 0 Å². The Morgan fingerprint density at radius 1 is 1.31 bits per heavy atom. The van der Waals surface area contributed by atoms with Crippen molar-refractivity contribution in [1.82, 2.24) is 0 Å². The Bertz CT molecular complexity index is 310. The Labute approximate surface area is 80.3 Å². The Morgan fingerprint density at radius 3 is 3.00 bits per heavy atom. The maximum absolute atomic E-state index is 2.31. The van der Waals surface area contributed by atoms with E-state index in [0.717, 1.165) is 5.92 Å². The van der Waals surface area contributed by atoms with Gasteiger partial charge in [-0.1, -0.05) is 49.8 Å². The lowest BCUT2D eigenvalue weighted by molar-refractivity contribution is 0.616. The van der Waals surface area contributed by atoms with Crippen molar-refractivity contribution in [2.24, 2.45) is 0 Å². The van der Waals surface area contributed by atoms with E-state index in [9.17, 15) is 0 Å². The van der Waals surface area contributed by atoms with Gasteiger partial charge in [-0.25, -0.2) is 0 Å². The molecule has 2 rings (SSSR count). The molecule has 0 fully saturated rings. The molecule has 0 heteroatoms. The van der Waals surface area contributed by atoms with Gasteiger partial charge >= 0.3 is 0 Å². The van der Waals surface area contributed by atoms with Crippen molar-refractivity contribution >= 4 is 6.08 Å². The summed E-state index contributed by atoms with van der Waals surface area (Å²) in [6.07, 6.45) is 8.39. The first-order chi connectivity index (χ1) is 6.42. The summed E-state index contributed by atoms with van der Waals surface area (Å²) in [6.45, 7) is 2.26. The Balaban J connectivity index is 2.32. The molecular weight excluding hydrogens is 156 g/mol. The molecule has 0 radical (unpaired) electrons. The van der Waals surface area contributed by atoms with Gasteiger partial charge in [0, 0.05) is 0 Å². The van der Waals surface area contributed by atoms with Gasteiger partial charge in [0.25, 0.3) is 0 Å². The molecule has 68 valence electrons. The lowest BCUT2D eigenvalue weighted by Gasteiger charge is -2.20. The molecule has 0 aliphatic heterocycles. The average molecular weight is 172 g/mol. The maximum atomic E-state index is 2.31. The SMILES string of the molecule is CCCC1CC=Cc2ccccc21. The van der Waals surface area contributed by atoms with Crippen molar-refractivity contribution in [2.45, 2.75) is 32.1 Å². The van der Waals surface area contributed by atoms with Crippen molar-refractivity contribution in [1.29, 1.82) is 0 Å². The van der Waals surface area contributed by atoms with Crippen LogP contribution in [0.25, 0.3) is 6.08 Å². The number of benzene rings is 1. The Kier molecular flexibility index (Phi) is 2.49. The Hall–Kier alpha value is -1.04. The minimum atomic E-state index is 0.770. The summed E-state index contributed by atoms with van der Waals surface area (Å²) >= 11 is 0. The highest BCUT2D eigenvalue weighted by Crippen LogP contribution is 2.32. The minimum Gasteiger partial charge on any atom is -0.0833 e. The van der Waals surface area contributed by atoms with Gasteiger partial charge < -0.3 is 0 Å². The molecule has 1 aromatic carbocycles. The molecule has 0 saturated carbocycles. The molecule has 0 N–H and O–H groups in total. The topological polar surface area (TPSA) is 0 Å². The van der Waals surface area contributed by atoms with Crippen LogP contribution in [0, 0.1) is 0 Å². The third-order valence-electron chi connectivity index (χ3n) is 2.79. The summed E-state index contributed by atoms with van der Waals surface area (Å²) < 4.78 is 0. The first kappa shape index (κ1) is 8.55. The van der Waals surface area contributed by atoms with Crippen LogP contribution < -0.4 is 0 Å². The normalized spacial score (nSPS) is 19.9. The zero-order valence-electron chi connectivity index (χ0n) is 8.16. The molecule has 1 aliphatic rings. The minimum absolute atomic E-state index is 0.770. The van der Waals surface area contributed by atoms with Gasteiger partial charge in [-0.2, -0.15) is 0 Å². The molecule has 0 bridgehead atoms. The second-order valence-electron chi connectivity index (χ2n) is 3.75. The van der Waals surface area contributed by atoms with Crippen molar-refractivity contribution in [3.05, 3.63) is 41.5 Å². The van der Waals surface area contributed by atoms with Gasteiger partial charge in [0.2, 0.25) is 0 Å². The van der Waals surface area contributed by atoms with Crippen molar-refractivity contribution < 1.29 is 0 Å². The summed E-state index contributed by atoms with van der Waals surface area (Å²) in [5.74, 6) is 0.770. The monoisotopic (exact) mass is 172 g/mol. The summed E-state index contributed by atoms with van der Waals surface area (Å²) in [4.78, 5) is 0. The van der Waals surface area contributed by atoms with Crippen LogP contribution in [-0.2, 0) is 0 Å². The van der Waals surface area contributed by atoms with Crippen LogP contribution in [0.5, 0.6) is 0 Å². The smallest absolute Gasteiger partial charge is 0.0121 e. The van der Waals surface area contributed by atoms with Gasteiger partial charge in [0.1, 0.15) is 0 Å². The fourth-order valence-corrected chi connectivity index (χ4v) is 2.14. The third-order valence-corrected chi connectivity index (χ3v) is 2.79. The van der Waals surface area contributed by atoms with Gasteiger partial charge in [-0.3, -0.25) is 0 Å². The largest absolute Gasteiger partial charge is 0.0833 e. The summed E-state index contributed by atoms with van der Waals surface area (Å²) in [5.41, 5.74) is 2.97. The second-order valence-corrected chi connectivity index (χ2v) is 3.75. The van der Waals surface area contributed by atoms with E-state index in [1.54, 1.807) is 5.56 Å². The molecular formula is C13H16. The molecule has 0 amide bonds. The molecule has 1 aromatic rings. The molecule has 1 aliphatic carbocycles. The first-order valence-corrected chi connectivity index (χ1v) is 5.17. The average Bonchev–Trinajstić information content (AvgIpc) is 2.19. The standard InChI is InChI=1S/C13H16/c1-2-6-11-8-5-9-12-7-3-4-10-13(11)12/h3-5,7,9-11H,2,6,8H2,1H3. The Morgan fingerprint density at radius 2 is 2.15 bits per heavy atom. The number of rotatable bonds is 2. The molecule has 0 aromatic heterocycles. The predicted octanol–water partition coefficient (Wildman–Crippen LogP) is 3.99. The fourth-order valence-electron chi connectivity index (χ4n) is 2.14. The molecule has 13 heavy (non-hydrogen) atoms. The zero-order chi connectivity index (χ0) is 9.10. The van der Waals surface area contributed by atoms with E-state index < -0.39 is 0 Å². The third kappa shape index (κ3) is 1.67. The molecule has 0 heterocycles. The van der Waals surface area contributed by atoms with Gasteiger partial charge in [0.05, 0.1) is 0 Å². The van der Waals surface area contributed by atoms with Gasteiger partial charge in [-0.15, -0.1) is 0 Å². The maximum Gasteiger partial charge on any atom is -0.0121 e. The number of hydrogen-bond acceptors (Lipinski definition) is 0. The lowest BCUT2D eigenvalue weighted by atomic mass is 9.84. The number of hydrogen-bond donors (Lipinski definition) is 0. The first-order valence-electron chi connectivity index (χ1n) is 5.17. The predicted molar refractivity (Wildman–Crippen MR) is 57.7 cm³/mol. The molecule has 0 spiro atoms. The van der Waals surface area contributed by atoms with Crippen molar-refractivity contribution in [2.75, 3.05) is 0 Å². The molecule has 1 atom stereocenters. The number of allylic oxidation sites excluding steroid dienone is 1. The van der Waals surface area contributed by atoms with Gasteiger partial charge in [-0.05, 0) is 29.9 Å². The van der Waals surface area contributed by atoms with E-state index in [1.807, 2.05) is 0 Å². The van der Waals surface area contributed by atoms with E-state index in [0.29, 0.717) is 0 Å². The van der Waals surface area contributed by atoms with Crippen LogP contribution >= 0.6 is 0 Å². The second kappa shape index (κ2) is 3.78. The van der Waals surface area contributed by atoms with E-state index in [2.05, 4.69) is 43.3 Å². The van der Waals surface area contributed by atoms with Crippen LogP contribution in [0.15, 0.2) is 30.3 Å². The highest BCUT2D eigenvalue weighted by molar-refractivity contribution is 5.57. The lowest BCUT2D eigenvalue weighted by Crippen LogP contribution is -2.02. The van der Waals surface area contributed by atoms with Crippen LogP contribution in [-0.4, -0.2) is 0 Å². The van der Waals surface area contributed by atoms with Crippen LogP contribution in [0.4, 0.5) is 0 Å². The van der Waals surface area contributed by atoms with E-state index in [4.69, 9.17) is 0 Å². The van der Waals surface area contributed by atoms with E-state index in [-0.39, 0.29) is 0 Å². The molecule has 1 unspecified atom stereocenters. The van der Waals surface area contributed by atoms with Crippen LogP contribution in [0.3, 0.4) is 0 Å². The highest BCUT2D eigenvalue weighted by atomic mass is 14.2. The molecule has 0 nitrogen and oxygen atoms in total. The zero-order valence-corrected chi connectivity index (χ0v) is 8.16. The quantitative estimate of drug-likeness (QED) is 0.632. The van der Waals surface area contributed by atoms with E-state index in [1.165, 1.54) is 24.8 Å². The fraction of sp³-hybridized carbons (Fsp3) is 0.385. The molecule has 0 saturated heterocycles. The van der Waals surface area contributed by atoms with Crippen LogP contribution in [0.1, 0.15) is 43.2 Å². The number of fused-ring (bicyclic) bond motifs is 1. The summed E-state index contributed by atoms with van der Waals surface area (Å²) in [6, 6.07) is 8.77. The highest BCUT2D eigenvalue weighted by Gasteiger charge is 2.14. The summed E-state index contributed by atoms with van der Waals surface area (Å²) in [7, 11) is 0. The summed E-state index contributed by atoms with van der Waals surface area (Å²) in [5, 5.41) is 0. The van der Waals surface area contributed by atoms with Crippen molar-refractivity contribution in [3.8, 4) is 0 Å². The van der Waals surface area contributed by atoms with Crippen molar-refractivity contribution in [3.63, 3.8) is 0 Å². The van der Waals surface area contributed by atoms with E-state index >= 15 is 0 Å². The van der Waals surface area contributed by atoms with Crippen LogP contribution in [0.2, 0.25) is 0 Å².